The number of aryl methyl sites for hydroxylation is 2. The van der Waals surface area contributed by atoms with Gasteiger partial charge in [0.2, 0.25) is 0 Å². The van der Waals surface area contributed by atoms with Crippen molar-refractivity contribution in [2.75, 3.05) is 13.1 Å². The van der Waals surface area contributed by atoms with Crippen LogP contribution >= 0.6 is 0 Å². The van der Waals surface area contributed by atoms with Gasteiger partial charge in [-0.25, -0.2) is 23.7 Å². The molecule has 1 saturated heterocycles. The third-order valence-corrected chi connectivity index (χ3v) is 6.12. The van der Waals surface area contributed by atoms with Crippen molar-refractivity contribution in [3.63, 3.8) is 0 Å². The summed E-state index contributed by atoms with van der Waals surface area (Å²) in [7, 11) is 0. The van der Waals surface area contributed by atoms with Crippen LogP contribution < -0.4 is 0 Å². The summed E-state index contributed by atoms with van der Waals surface area (Å²) in [5.74, 6) is 0.512. The molecular weight excluding hydrogens is 435 g/mol. The molecule has 1 aliphatic heterocycles. The lowest BCUT2D eigenvalue weighted by molar-refractivity contribution is 0.0203. The van der Waals surface area contributed by atoms with Crippen molar-refractivity contribution >= 4 is 22.8 Å². The molecule has 5 rings (SSSR count). The van der Waals surface area contributed by atoms with Crippen molar-refractivity contribution in [1.82, 2.24) is 29.5 Å². The topological polar surface area (TPSA) is 88.4 Å². The number of H-pyrrole nitrogens is 1. The summed E-state index contributed by atoms with van der Waals surface area (Å²) in [6.45, 7) is 10.6. The molecule has 4 heterocycles. The quantitative estimate of drug-likeness (QED) is 0.444. The fourth-order valence-electron chi connectivity index (χ4n) is 4.48. The maximum atomic E-state index is 15.1. The number of benzene rings is 1. The van der Waals surface area contributed by atoms with E-state index in [1.165, 1.54) is 6.07 Å². The fourth-order valence-corrected chi connectivity index (χ4v) is 4.48. The number of nitrogens with zero attached hydrogens (tertiary/aromatic N) is 5. The van der Waals surface area contributed by atoms with Gasteiger partial charge in [-0.15, -0.1) is 0 Å². The molecular formula is C25H29FN6O2. The van der Waals surface area contributed by atoms with E-state index in [1.54, 1.807) is 9.42 Å². The number of rotatable bonds is 2. The molecule has 1 amide bonds. The largest absolute Gasteiger partial charge is 0.444 e. The number of carbonyl (C=O) groups excluding carboxylic acids is 1. The van der Waals surface area contributed by atoms with E-state index in [-0.39, 0.29) is 17.8 Å². The van der Waals surface area contributed by atoms with E-state index in [1.807, 2.05) is 52.9 Å². The predicted octanol–water partition coefficient (Wildman–Crippen LogP) is 5.14. The first-order chi connectivity index (χ1) is 16.1. The summed E-state index contributed by atoms with van der Waals surface area (Å²) in [6, 6.07) is 5.28. The molecule has 1 aliphatic rings. The van der Waals surface area contributed by atoms with Gasteiger partial charge in [0, 0.05) is 24.6 Å². The van der Waals surface area contributed by atoms with Crippen molar-refractivity contribution in [3.8, 4) is 11.3 Å². The average molecular weight is 465 g/mol. The second kappa shape index (κ2) is 8.07. The smallest absolute Gasteiger partial charge is 0.410 e. The Morgan fingerprint density at radius 2 is 1.88 bits per heavy atom. The van der Waals surface area contributed by atoms with E-state index in [9.17, 15) is 4.79 Å². The Morgan fingerprint density at radius 1 is 1.15 bits per heavy atom. The van der Waals surface area contributed by atoms with E-state index < -0.39 is 5.60 Å². The van der Waals surface area contributed by atoms with Crippen LogP contribution in [0.3, 0.4) is 0 Å². The van der Waals surface area contributed by atoms with Crippen molar-refractivity contribution in [3.05, 3.63) is 47.3 Å². The number of halogens is 1. The molecule has 9 heteroatoms. The lowest BCUT2D eigenvalue weighted by Crippen LogP contribution is -2.41. The van der Waals surface area contributed by atoms with Gasteiger partial charge >= 0.3 is 6.09 Å². The van der Waals surface area contributed by atoms with Gasteiger partial charge in [-0.2, -0.15) is 5.10 Å². The standard InChI is InChI=1S/C25H29FN6O2/c1-14-10-19(30-32-13-15(2)27-23(14)32)17-11-18(26)21-20(12-17)28-22(29-21)16-6-8-31(9-7-16)24(33)34-25(3,4)5/h10-13,16H,6-9H2,1-5H3,(H,28,29). The molecule has 3 aromatic heterocycles. The second-order valence-electron chi connectivity index (χ2n) is 10.1. The monoisotopic (exact) mass is 464 g/mol. The molecule has 0 unspecified atom stereocenters. The molecule has 4 aromatic rings. The highest BCUT2D eigenvalue weighted by atomic mass is 19.1. The molecule has 1 fully saturated rings. The number of piperidine rings is 1. The van der Waals surface area contributed by atoms with Crippen LogP contribution in [0.4, 0.5) is 9.18 Å². The number of aromatic nitrogens is 5. The number of likely N-dealkylation sites (tertiary alicyclic amines) is 1. The van der Waals surface area contributed by atoms with E-state index in [0.29, 0.717) is 35.4 Å². The Labute approximate surface area is 197 Å². The number of aromatic amines is 1. The number of nitrogens with one attached hydrogen (secondary N) is 1. The molecule has 1 N–H and O–H groups in total. The van der Waals surface area contributed by atoms with E-state index in [2.05, 4.69) is 15.1 Å². The maximum Gasteiger partial charge on any atom is 0.410 e. The zero-order chi connectivity index (χ0) is 24.2. The van der Waals surface area contributed by atoms with Crippen LogP contribution in [0.25, 0.3) is 27.9 Å². The van der Waals surface area contributed by atoms with Gasteiger partial charge in [-0.05, 0) is 71.2 Å². The van der Waals surface area contributed by atoms with Crippen molar-refractivity contribution in [2.24, 2.45) is 0 Å². The van der Waals surface area contributed by atoms with Crippen LogP contribution in [0, 0.1) is 19.7 Å². The molecule has 1 aromatic carbocycles. The lowest BCUT2D eigenvalue weighted by atomic mass is 9.96. The molecule has 8 nitrogen and oxygen atoms in total. The van der Waals surface area contributed by atoms with Crippen LogP contribution in [0.5, 0.6) is 0 Å². The van der Waals surface area contributed by atoms with Crippen molar-refractivity contribution in [1.29, 1.82) is 0 Å². The summed E-state index contributed by atoms with van der Waals surface area (Å²) in [6.07, 6.45) is 3.05. The number of imidazole rings is 2. The Kier molecular flexibility index (Phi) is 5.30. The molecule has 0 saturated carbocycles. The zero-order valence-corrected chi connectivity index (χ0v) is 20.1. The Hall–Kier alpha value is -3.49. The molecule has 0 radical (unpaired) electrons. The number of hydrogen-bond donors (Lipinski definition) is 1. The number of ether oxygens (including phenoxy) is 1. The maximum absolute atomic E-state index is 15.1. The third kappa shape index (κ3) is 4.22. The molecule has 178 valence electrons. The minimum Gasteiger partial charge on any atom is -0.444 e. The summed E-state index contributed by atoms with van der Waals surface area (Å²) >= 11 is 0. The van der Waals surface area contributed by atoms with Gasteiger partial charge in [-0.1, -0.05) is 0 Å². The SMILES string of the molecule is Cc1cn2nc(-c3cc(F)c4[nH]c(C5CCN(C(=O)OC(C)(C)C)CC5)nc4c3)cc(C)c2n1. The first-order valence-electron chi connectivity index (χ1n) is 11.6. The van der Waals surface area contributed by atoms with Crippen molar-refractivity contribution < 1.29 is 13.9 Å². The Balaban J connectivity index is 1.39. The number of hydrogen-bond acceptors (Lipinski definition) is 5. The Bertz CT molecular complexity index is 1390. The first-order valence-corrected chi connectivity index (χ1v) is 11.6. The van der Waals surface area contributed by atoms with Gasteiger partial charge in [0.05, 0.1) is 23.1 Å². The van der Waals surface area contributed by atoms with Gasteiger partial charge in [0.1, 0.15) is 22.8 Å². The molecule has 0 bridgehead atoms. The minimum atomic E-state index is -0.517. The van der Waals surface area contributed by atoms with Gasteiger partial charge in [-0.3, -0.25) is 0 Å². The number of amides is 1. The highest BCUT2D eigenvalue weighted by Crippen LogP contribution is 2.31. The number of fused-ring (bicyclic) bond motifs is 2. The highest BCUT2D eigenvalue weighted by Gasteiger charge is 2.29. The predicted molar refractivity (Wildman–Crippen MR) is 127 cm³/mol. The number of carbonyl (C=O) groups is 1. The molecule has 0 atom stereocenters. The summed E-state index contributed by atoms with van der Waals surface area (Å²) < 4.78 is 22.3. The fraction of sp³-hybridized carbons (Fsp3) is 0.440. The minimum absolute atomic E-state index is 0.125. The van der Waals surface area contributed by atoms with E-state index in [0.717, 1.165) is 35.6 Å². The zero-order valence-electron chi connectivity index (χ0n) is 20.1. The summed E-state index contributed by atoms with van der Waals surface area (Å²) in [5, 5.41) is 4.62. The summed E-state index contributed by atoms with van der Waals surface area (Å²) in [4.78, 5) is 26.5. The first kappa shape index (κ1) is 22.3. The van der Waals surface area contributed by atoms with Gasteiger partial charge in [0.15, 0.2) is 5.65 Å². The van der Waals surface area contributed by atoms with Crippen LogP contribution in [0.1, 0.15) is 56.6 Å². The van der Waals surface area contributed by atoms with Crippen LogP contribution in [-0.4, -0.2) is 54.2 Å². The van der Waals surface area contributed by atoms with Crippen molar-refractivity contribution in [2.45, 2.75) is 59.0 Å². The normalized spacial score (nSPS) is 15.4. The van der Waals surface area contributed by atoms with Crippen LogP contribution in [-0.2, 0) is 4.74 Å². The lowest BCUT2D eigenvalue weighted by Gasteiger charge is -2.32. The highest BCUT2D eigenvalue weighted by molar-refractivity contribution is 5.82. The average Bonchev–Trinajstić information content (AvgIpc) is 3.36. The van der Waals surface area contributed by atoms with Crippen LogP contribution in [0.2, 0.25) is 0 Å². The summed E-state index contributed by atoms with van der Waals surface area (Å²) in [5.41, 5.74) is 4.42. The van der Waals surface area contributed by atoms with E-state index in [4.69, 9.17) is 9.72 Å². The molecule has 0 spiro atoms. The molecule has 34 heavy (non-hydrogen) atoms. The third-order valence-electron chi connectivity index (χ3n) is 6.12. The van der Waals surface area contributed by atoms with E-state index >= 15 is 4.39 Å². The Morgan fingerprint density at radius 3 is 2.59 bits per heavy atom. The van der Waals surface area contributed by atoms with Gasteiger partial charge in [0.25, 0.3) is 0 Å². The molecule has 0 aliphatic carbocycles. The van der Waals surface area contributed by atoms with Crippen LogP contribution in [0.15, 0.2) is 24.4 Å². The van der Waals surface area contributed by atoms with Gasteiger partial charge < -0.3 is 14.6 Å². The second-order valence-corrected chi connectivity index (χ2v) is 10.1.